The molecule has 0 bridgehead atoms. The van der Waals surface area contributed by atoms with Gasteiger partial charge in [-0.25, -0.2) is 4.39 Å². The van der Waals surface area contributed by atoms with Gasteiger partial charge in [-0.1, -0.05) is 6.08 Å². The van der Waals surface area contributed by atoms with Crippen LogP contribution in [0.4, 0.5) is 22.0 Å². The van der Waals surface area contributed by atoms with Gasteiger partial charge in [0.05, 0.1) is 0 Å². The monoisotopic (exact) mass is 212 g/mol. The van der Waals surface area contributed by atoms with Crippen molar-refractivity contribution in [2.24, 2.45) is 0 Å². The van der Waals surface area contributed by atoms with Crippen LogP contribution in [0.2, 0.25) is 0 Å². The molecule has 0 aromatic heterocycles. The van der Waals surface area contributed by atoms with Gasteiger partial charge < -0.3 is 0 Å². The first-order valence-electron chi connectivity index (χ1n) is 4.25. The van der Waals surface area contributed by atoms with E-state index in [0.717, 1.165) is 6.42 Å². The third-order valence-corrected chi connectivity index (χ3v) is 2.01. The smallest absolute Gasteiger partial charge is 0.203 e. The van der Waals surface area contributed by atoms with Crippen molar-refractivity contribution in [3.8, 4) is 0 Å². The van der Waals surface area contributed by atoms with E-state index in [4.69, 9.17) is 0 Å². The van der Waals surface area contributed by atoms with Gasteiger partial charge >= 0.3 is 6.18 Å². The topological polar surface area (TPSA) is 0 Å². The summed E-state index contributed by atoms with van der Waals surface area (Å²) >= 11 is 0. The standard InChI is InChI=1S/C9H9F5/c10-7(8(11)9(12,13)14)6-4-2-1-3-5-6/h4H,1-3,5H2/b8-7+. The number of halogens is 5. The molecule has 80 valence electrons. The summed E-state index contributed by atoms with van der Waals surface area (Å²) in [5.74, 6) is -4.37. The summed E-state index contributed by atoms with van der Waals surface area (Å²) in [6.07, 6.45) is -1.80. The number of hydrogen-bond acceptors (Lipinski definition) is 0. The number of hydrogen-bond donors (Lipinski definition) is 0. The molecule has 1 rings (SSSR count). The molecule has 0 spiro atoms. The molecular formula is C9H9F5. The molecule has 0 amide bonds. The van der Waals surface area contributed by atoms with Crippen molar-refractivity contribution in [2.75, 3.05) is 0 Å². The van der Waals surface area contributed by atoms with Crippen LogP contribution in [0.25, 0.3) is 0 Å². The summed E-state index contributed by atoms with van der Waals surface area (Å²) in [6.45, 7) is 0. The van der Waals surface area contributed by atoms with E-state index in [1.54, 1.807) is 0 Å². The third-order valence-electron chi connectivity index (χ3n) is 2.01. The van der Waals surface area contributed by atoms with Crippen molar-refractivity contribution in [1.29, 1.82) is 0 Å². The van der Waals surface area contributed by atoms with Crippen LogP contribution in [0.5, 0.6) is 0 Å². The molecule has 0 fully saturated rings. The van der Waals surface area contributed by atoms with E-state index in [1.807, 2.05) is 0 Å². The van der Waals surface area contributed by atoms with E-state index in [9.17, 15) is 22.0 Å². The fourth-order valence-electron chi connectivity index (χ4n) is 1.30. The molecule has 0 aromatic rings. The molecule has 0 unspecified atom stereocenters. The number of rotatable bonds is 1. The maximum atomic E-state index is 12.9. The molecular weight excluding hydrogens is 203 g/mol. The lowest BCUT2D eigenvalue weighted by molar-refractivity contribution is -0.111. The summed E-state index contributed by atoms with van der Waals surface area (Å²) in [6, 6.07) is 0. The van der Waals surface area contributed by atoms with E-state index >= 15 is 0 Å². The first-order valence-corrected chi connectivity index (χ1v) is 4.25. The highest BCUT2D eigenvalue weighted by molar-refractivity contribution is 5.30. The van der Waals surface area contributed by atoms with Gasteiger partial charge in [-0.2, -0.15) is 17.6 Å². The predicted octanol–water partition coefficient (Wildman–Crippen LogP) is 4.20. The molecule has 0 aliphatic heterocycles. The Morgan fingerprint density at radius 1 is 1.14 bits per heavy atom. The average molecular weight is 212 g/mol. The van der Waals surface area contributed by atoms with Crippen molar-refractivity contribution >= 4 is 0 Å². The van der Waals surface area contributed by atoms with Gasteiger partial charge in [0.1, 0.15) is 0 Å². The zero-order valence-electron chi connectivity index (χ0n) is 7.30. The van der Waals surface area contributed by atoms with Gasteiger partial charge in [0, 0.05) is 0 Å². The molecule has 14 heavy (non-hydrogen) atoms. The van der Waals surface area contributed by atoms with Crippen LogP contribution in [0.15, 0.2) is 23.3 Å². The van der Waals surface area contributed by atoms with E-state index in [1.165, 1.54) is 6.08 Å². The SMILES string of the molecule is F/C(C1=CCCCC1)=C(/F)C(F)(F)F. The number of alkyl halides is 3. The fraction of sp³-hybridized carbons (Fsp3) is 0.556. The summed E-state index contributed by atoms with van der Waals surface area (Å²) in [4.78, 5) is 0. The lowest BCUT2D eigenvalue weighted by Gasteiger charge is -2.12. The maximum absolute atomic E-state index is 12.9. The van der Waals surface area contributed by atoms with E-state index < -0.39 is 17.8 Å². The van der Waals surface area contributed by atoms with E-state index in [0.29, 0.717) is 12.8 Å². The summed E-state index contributed by atoms with van der Waals surface area (Å²) < 4.78 is 60.6. The lowest BCUT2D eigenvalue weighted by Crippen LogP contribution is -2.10. The van der Waals surface area contributed by atoms with Crippen LogP contribution in [0.1, 0.15) is 25.7 Å². The largest absolute Gasteiger partial charge is 0.445 e. The predicted molar refractivity (Wildman–Crippen MR) is 41.8 cm³/mol. The van der Waals surface area contributed by atoms with Crippen molar-refractivity contribution in [3.63, 3.8) is 0 Å². The van der Waals surface area contributed by atoms with Crippen LogP contribution in [-0.2, 0) is 0 Å². The molecule has 0 radical (unpaired) electrons. The van der Waals surface area contributed by atoms with Crippen LogP contribution in [0.3, 0.4) is 0 Å². The van der Waals surface area contributed by atoms with Crippen LogP contribution >= 0.6 is 0 Å². The molecule has 5 heteroatoms. The fourth-order valence-corrected chi connectivity index (χ4v) is 1.30. The second kappa shape index (κ2) is 4.11. The highest BCUT2D eigenvalue weighted by Crippen LogP contribution is 2.35. The molecule has 0 N–H and O–H groups in total. The Morgan fingerprint density at radius 3 is 2.21 bits per heavy atom. The second-order valence-electron chi connectivity index (χ2n) is 3.10. The lowest BCUT2D eigenvalue weighted by atomic mass is 9.98. The minimum Gasteiger partial charge on any atom is -0.203 e. The Hall–Kier alpha value is -0.870. The first kappa shape index (κ1) is 11.2. The maximum Gasteiger partial charge on any atom is 0.445 e. The van der Waals surface area contributed by atoms with Crippen molar-refractivity contribution in [1.82, 2.24) is 0 Å². The first-order chi connectivity index (χ1) is 6.43. The summed E-state index contributed by atoms with van der Waals surface area (Å²) in [5.41, 5.74) is -0.161. The Kier molecular flexibility index (Phi) is 3.29. The second-order valence-corrected chi connectivity index (χ2v) is 3.10. The van der Waals surface area contributed by atoms with Gasteiger partial charge in [0.25, 0.3) is 0 Å². The molecule has 0 aromatic carbocycles. The Morgan fingerprint density at radius 2 is 1.79 bits per heavy atom. The Bertz CT molecular complexity index is 271. The van der Waals surface area contributed by atoms with Crippen LogP contribution in [-0.4, -0.2) is 6.18 Å². The van der Waals surface area contributed by atoms with Crippen molar-refractivity contribution in [2.45, 2.75) is 31.9 Å². The summed E-state index contributed by atoms with van der Waals surface area (Å²) in [5, 5.41) is 0. The van der Waals surface area contributed by atoms with Gasteiger partial charge in [-0.15, -0.1) is 0 Å². The average Bonchev–Trinajstić information content (AvgIpc) is 2.15. The molecule has 1 aliphatic carbocycles. The van der Waals surface area contributed by atoms with Crippen LogP contribution < -0.4 is 0 Å². The molecule has 0 atom stereocenters. The van der Waals surface area contributed by atoms with E-state index in [2.05, 4.69) is 0 Å². The molecule has 0 nitrogen and oxygen atoms in total. The molecule has 0 heterocycles. The van der Waals surface area contributed by atoms with Crippen molar-refractivity contribution in [3.05, 3.63) is 23.3 Å². The van der Waals surface area contributed by atoms with Crippen LogP contribution in [0, 0.1) is 0 Å². The zero-order valence-corrected chi connectivity index (χ0v) is 7.30. The van der Waals surface area contributed by atoms with Crippen molar-refractivity contribution < 1.29 is 22.0 Å². The minimum absolute atomic E-state index is 0.161. The van der Waals surface area contributed by atoms with Gasteiger partial charge in [0.15, 0.2) is 5.83 Å². The van der Waals surface area contributed by atoms with Gasteiger partial charge in [-0.3, -0.25) is 0 Å². The van der Waals surface area contributed by atoms with Gasteiger partial charge in [0.2, 0.25) is 5.83 Å². The molecule has 1 aliphatic rings. The quantitative estimate of drug-likeness (QED) is 0.571. The Balaban J connectivity index is 2.91. The molecule has 0 saturated heterocycles. The number of allylic oxidation sites excluding steroid dienone is 4. The summed E-state index contributed by atoms with van der Waals surface area (Å²) in [7, 11) is 0. The van der Waals surface area contributed by atoms with Gasteiger partial charge in [-0.05, 0) is 31.3 Å². The zero-order chi connectivity index (χ0) is 10.8. The third kappa shape index (κ3) is 2.56. The minimum atomic E-state index is -5.22. The highest BCUT2D eigenvalue weighted by Gasteiger charge is 2.38. The highest BCUT2D eigenvalue weighted by atomic mass is 19.4. The van der Waals surface area contributed by atoms with E-state index in [-0.39, 0.29) is 12.0 Å². The Labute approximate surface area is 78.1 Å². The normalized spacial score (nSPS) is 20.2. The molecule has 0 saturated carbocycles.